The summed E-state index contributed by atoms with van der Waals surface area (Å²) < 4.78 is 5.63. The van der Waals surface area contributed by atoms with Crippen LogP contribution in [-0.2, 0) is 9.53 Å². The molecule has 2 N–H and O–H groups in total. The Labute approximate surface area is 138 Å². The van der Waals surface area contributed by atoms with Crippen LogP contribution in [0.4, 0.5) is 4.79 Å². The fourth-order valence-electron chi connectivity index (χ4n) is 3.49. The van der Waals surface area contributed by atoms with E-state index < -0.39 is 17.6 Å². The van der Waals surface area contributed by atoms with E-state index in [1.54, 1.807) is 0 Å². The number of ether oxygens (including phenoxy) is 1. The zero-order valence-electron chi connectivity index (χ0n) is 14.4. The van der Waals surface area contributed by atoms with Crippen LogP contribution in [0.3, 0.4) is 0 Å². The molecule has 1 aliphatic heterocycles. The maximum absolute atomic E-state index is 13.1. The van der Waals surface area contributed by atoms with Gasteiger partial charge in [-0.2, -0.15) is 4.79 Å². The Morgan fingerprint density at radius 3 is 2.39 bits per heavy atom. The zero-order chi connectivity index (χ0) is 17.3. The summed E-state index contributed by atoms with van der Waals surface area (Å²) in [4.78, 5) is 25.1. The minimum atomic E-state index is -0.608. The van der Waals surface area contributed by atoms with Gasteiger partial charge in [-0.15, -0.1) is 0 Å². The summed E-state index contributed by atoms with van der Waals surface area (Å²) in [6.45, 7) is 8.05. The molecule has 0 aliphatic carbocycles. The van der Waals surface area contributed by atoms with Crippen LogP contribution in [0.5, 0.6) is 0 Å². The van der Waals surface area contributed by atoms with Crippen molar-refractivity contribution in [3.8, 4) is 0 Å². The van der Waals surface area contributed by atoms with Gasteiger partial charge < -0.3 is 10.5 Å². The standard InChI is InChI=1S/C18H26N2O3/c1-13(14-9-6-5-7-10-14)20(17(22)23-18(2,3)4)12-8-11-15(20)16(19)21/h5-7,9-10,13,15H,8,11-12H2,1-4H3,(H-,19,21)/p+1/t13-,15?,20-/m1/s1. The fourth-order valence-corrected chi connectivity index (χ4v) is 3.49. The smallest absolute Gasteiger partial charge is 0.414 e. The first-order valence-corrected chi connectivity index (χ1v) is 8.14. The molecule has 1 aromatic rings. The second-order valence-electron chi connectivity index (χ2n) is 7.28. The van der Waals surface area contributed by atoms with Crippen LogP contribution in [0.25, 0.3) is 0 Å². The van der Waals surface area contributed by atoms with Crippen molar-refractivity contribution in [1.29, 1.82) is 0 Å². The highest BCUT2D eigenvalue weighted by Gasteiger charge is 2.57. The van der Waals surface area contributed by atoms with Crippen LogP contribution in [0.2, 0.25) is 0 Å². The molecule has 126 valence electrons. The number of nitrogens with zero attached hydrogens (tertiary/aromatic N) is 1. The SMILES string of the molecule is C[C@H](c1ccccc1)[N@+]1(C(=O)OC(C)(C)C)CCCC1C(N)=O. The average molecular weight is 319 g/mol. The van der Waals surface area contributed by atoms with Gasteiger partial charge in [0.2, 0.25) is 0 Å². The number of carbonyl (C=O) groups excluding carboxylic acids is 2. The van der Waals surface area contributed by atoms with Crippen molar-refractivity contribution in [1.82, 2.24) is 0 Å². The molecule has 0 saturated carbocycles. The average Bonchev–Trinajstić information content (AvgIpc) is 2.91. The Hall–Kier alpha value is -1.88. The molecule has 0 spiro atoms. The molecule has 0 radical (unpaired) electrons. The number of benzene rings is 1. The van der Waals surface area contributed by atoms with E-state index in [-0.39, 0.29) is 16.6 Å². The van der Waals surface area contributed by atoms with Gasteiger partial charge in [0.05, 0.1) is 6.54 Å². The van der Waals surface area contributed by atoms with Crippen molar-refractivity contribution in [3.63, 3.8) is 0 Å². The van der Waals surface area contributed by atoms with Crippen molar-refractivity contribution in [3.05, 3.63) is 35.9 Å². The summed E-state index contributed by atoms with van der Waals surface area (Å²) in [6.07, 6.45) is 1.03. The Bertz CT molecular complexity index is 580. The van der Waals surface area contributed by atoms with Crippen molar-refractivity contribution in [2.45, 2.75) is 58.2 Å². The first-order chi connectivity index (χ1) is 10.7. The maximum atomic E-state index is 13.1. The van der Waals surface area contributed by atoms with E-state index in [0.717, 1.165) is 12.0 Å². The second-order valence-corrected chi connectivity index (χ2v) is 7.28. The molecular weight excluding hydrogens is 292 g/mol. The molecule has 1 fully saturated rings. The minimum absolute atomic E-state index is 0.0450. The normalized spacial score (nSPS) is 25.8. The molecule has 1 aromatic carbocycles. The van der Waals surface area contributed by atoms with Crippen LogP contribution in [0.1, 0.15) is 52.1 Å². The number of carbonyl (C=O) groups is 2. The summed E-state index contributed by atoms with van der Waals surface area (Å²) in [7, 11) is 0. The second kappa shape index (κ2) is 6.32. The first kappa shape index (κ1) is 17.5. The minimum Gasteiger partial charge on any atom is -0.414 e. The largest absolute Gasteiger partial charge is 0.517 e. The Kier molecular flexibility index (Phi) is 4.80. The van der Waals surface area contributed by atoms with Gasteiger partial charge >= 0.3 is 6.09 Å². The Balaban J connectivity index is 2.47. The molecule has 1 saturated heterocycles. The summed E-state index contributed by atoms with van der Waals surface area (Å²) in [5.74, 6) is -0.434. The number of hydrogen-bond acceptors (Lipinski definition) is 3. The van der Waals surface area contributed by atoms with Gasteiger partial charge in [-0.05, 0) is 27.7 Å². The van der Waals surface area contributed by atoms with Gasteiger partial charge in [-0.3, -0.25) is 4.79 Å². The van der Waals surface area contributed by atoms with E-state index in [1.165, 1.54) is 0 Å². The van der Waals surface area contributed by atoms with E-state index in [9.17, 15) is 9.59 Å². The third-order valence-electron chi connectivity index (χ3n) is 4.60. The van der Waals surface area contributed by atoms with E-state index in [4.69, 9.17) is 10.5 Å². The molecule has 2 rings (SSSR count). The lowest BCUT2D eigenvalue weighted by molar-refractivity contribution is -0.890. The predicted molar refractivity (Wildman–Crippen MR) is 88.4 cm³/mol. The molecule has 0 aromatic heterocycles. The lowest BCUT2D eigenvalue weighted by Gasteiger charge is -2.41. The van der Waals surface area contributed by atoms with Crippen LogP contribution in [-0.4, -0.2) is 34.7 Å². The number of rotatable bonds is 3. The topological polar surface area (TPSA) is 69.4 Å². The van der Waals surface area contributed by atoms with Gasteiger partial charge in [0, 0.05) is 18.4 Å². The first-order valence-electron chi connectivity index (χ1n) is 8.14. The number of quaternary nitrogens is 1. The summed E-state index contributed by atoms with van der Waals surface area (Å²) >= 11 is 0. The molecule has 0 bridgehead atoms. The molecule has 1 unspecified atom stereocenters. The van der Waals surface area contributed by atoms with Crippen LogP contribution < -0.4 is 5.73 Å². The van der Waals surface area contributed by atoms with Crippen molar-refractivity contribution in [2.75, 3.05) is 6.54 Å². The number of hydrogen-bond donors (Lipinski definition) is 1. The van der Waals surface area contributed by atoms with Gasteiger partial charge in [0.25, 0.3) is 5.91 Å². The molecule has 1 heterocycles. The van der Waals surface area contributed by atoms with Gasteiger partial charge in [-0.1, -0.05) is 30.3 Å². The number of amides is 2. The molecular formula is C18H27N2O3+. The molecule has 3 atom stereocenters. The predicted octanol–water partition coefficient (Wildman–Crippen LogP) is 3.15. The fraction of sp³-hybridized carbons (Fsp3) is 0.556. The number of primary amides is 1. The molecule has 23 heavy (non-hydrogen) atoms. The van der Waals surface area contributed by atoms with E-state index in [2.05, 4.69) is 0 Å². The van der Waals surface area contributed by atoms with Crippen LogP contribution in [0.15, 0.2) is 30.3 Å². The zero-order valence-corrected chi connectivity index (χ0v) is 14.4. The molecule has 2 amide bonds. The Morgan fingerprint density at radius 1 is 1.26 bits per heavy atom. The van der Waals surface area contributed by atoms with Gasteiger partial charge in [0.15, 0.2) is 6.04 Å². The Morgan fingerprint density at radius 2 is 1.87 bits per heavy atom. The van der Waals surface area contributed by atoms with Crippen molar-refractivity contribution < 1.29 is 18.8 Å². The van der Waals surface area contributed by atoms with Gasteiger partial charge in [0.1, 0.15) is 11.6 Å². The third kappa shape index (κ3) is 3.39. The molecule has 1 aliphatic rings. The molecule has 5 nitrogen and oxygen atoms in total. The lowest BCUT2D eigenvalue weighted by atomic mass is 10.0. The highest BCUT2D eigenvalue weighted by molar-refractivity contribution is 5.81. The number of nitrogens with two attached hydrogens (primary N) is 1. The van der Waals surface area contributed by atoms with Gasteiger partial charge in [-0.25, -0.2) is 4.48 Å². The van der Waals surface area contributed by atoms with E-state index in [1.807, 2.05) is 58.0 Å². The quantitative estimate of drug-likeness (QED) is 0.870. The van der Waals surface area contributed by atoms with Crippen molar-refractivity contribution in [2.24, 2.45) is 5.73 Å². The van der Waals surface area contributed by atoms with Crippen LogP contribution in [0, 0.1) is 0 Å². The van der Waals surface area contributed by atoms with E-state index in [0.29, 0.717) is 13.0 Å². The van der Waals surface area contributed by atoms with Crippen molar-refractivity contribution >= 4 is 12.0 Å². The maximum Gasteiger partial charge on any atom is 0.517 e. The number of likely N-dealkylation sites (tertiary alicyclic amines) is 1. The van der Waals surface area contributed by atoms with E-state index >= 15 is 0 Å². The van der Waals surface area contributed by atoms with Crippen LogP contribution >= 0.6 is 0 Å². The lowest BCUT2D eigenvalue weighted by Crippen LogP contribution is -2.62. The molecule has 5 heteroatoms. The summed E-state index contributed by atoms with van der Waals surface area (Å²) in [5.41, 5.74) is 6.03. The monoisotopic (exact) mass is 319 g/mol. The highest BCUT2D eigenvalue weighted by atomic mass is 16.6. The summed E-state index contributed by atoms with van der Waals surface area (Å²) in [6, 6.07) is 9.03. The highest BCUT2D eigenvalue weighted by Crippen LogP contribution is 2.40. The third-order valence-corrected chi connectivity index (χ3v) is 4.60. The summed E-state index contributed by atoms with van der Waals surface area (Å²) in [5, 5.41) is 0.